The highest BCUT2D eigenvalue weighted by Crippen LogP contribution is 2.17. The second kappa shape index (κ2) is 5.65. The Bertz CT molecular complexity index is 563. The fourth-order valence-corrected chi connectivity index (χ4v) is 1.96. The summed E-state index contributed by atoms with van der Waals surface area (Å²) in [5.74, 6) is -0.0186. The summed E-state index contributed by atoms with van der Waals surface area (Å²) < 4.78 is 1.68. The van der Waals surface area contributed by atoms with Crippen LogP contribution in [0, 0.1) is 13.8 Å². The number of nitrogens with zero attached hydrogens (tertiary/aromatic N) is 3. The average molecular weight is 258 g/mol. The molecule has 1 amide bonds. The van der Waals surface area contributed by atoms with Crippen LogP contribution >= 0.6 is 0 Å². The fourth-order valence-electron chi connectivity index (χ4n) is 1.96. The number of hydrogen-bond donors (Lipinski definition) is 1. The summed E-state index contributed by atoms with van der Waals surface area (Å²) in [6.45, 7) is 5.96. The van der Waals surface area contributed by atoms with Crippen LogP contribution in [0.1, 0.15) is 30.5 Å². The lowest BCUT2D eigenvalue weighted by Crippen LogP contribution is -2.18. The largest absolute Gasteiger partial charge is 0.326 e. The van der Waals surface area contributed by atoms with Gasteiger partial charge in [-0.15, -0.1) is 0 Å². The van der Waals surface area contributed by atoms with Gasteiger partial charge < -0.3 is 5.32 Å². The van der Waals surface area contributed by atoms with Crippen LogP contribution in [0.3, 0.4) is 0 Å². The number of hydrogen-bond acceptors (Lipinski definition) is 3. The number of anilines is 1. The summed E-state index contributed by atoms with van der Waals surface area (Å²) >= 11 is 0. The van der Waals surface area contributed by atoms with E-state index in [1.807, 2.05) is 32.9 Å². The van der Waals surface area contributed by atoms with Gasteiger partial charge in [-0.2, -0.15) is 5.10 Å². The molecule has 2 rings (SSSR count). The highest BCUT2D eigenvalue weighted by atomic mass is 16.1. The molecule has 1 aromatic heterocycles. The molecule has 1 atom stereocenters. The fraction of sp³-hybridized carbons (Fsp3) is 0.357. The number of rotatable bonds is 4. The van der Waals surface area contributed by atoms with Gasteiger partial charge in [0.1, 0.15) is 12.7 Å². The Hall–Kier alpha value is -2.17. The van der Waals surface area contributed by atoms with E-state index in [0.717, 1.165) is 11.3 Å². The molecule has 0 fully saturated rings. The van der Waals surface area contributed by atoms with E-state index < -0.39 is 0 Å². The molecule has 0 saturated carbocycles. The van der Waals surface area contributed by atoms with Gasteiger partial charge >= 0.3 is 0 Å². The molecule has 0 bridgehead atoms. The summed E-state index contributed by atoms with van der Waals surface area (Å²) in [6, 6.07) is 5.97. The van der Waals surface area contributed by atoms with E-state index in [1.165, 1.54) is 11.9 Å². The smallest absolute Gasteiger partial charge is 0.226 e. The molecule has 0 radical (unpaired) electrons. The van der Waals surface area contributed by atoms with Crippen molar-refractivity contribution in [1.82, 2.24) is 14.8 Å². The molecule has 0 aliphatic rings. The first-order valence-corrected chi connectivity index (χ1v) is 6.27. The maximum Gasteiger partial charge on any atom is 0.226 e. The lowest BCUT2D eigenvalue weighted by atomic mass is 10.1. The Morgan fingerprint density at radius 2 is 2.21 bits per heavy atom. The Kier molecular flexibility index (Phi) is 3.94. The second-order valence-electron chi connectivity index (χ2n) is 4.80. The van der Waals surface area contributed by atoms with E-state index >= 15 is 0 Å². The highest BCUT2D eigenvalue weighted by Gasteiger charge is 2.12. The van der Waals surface area contributed by atoms with Crippen LogP contribution in [-0.4, -0.2) is 20.7 Å². The molecule has 1 heterocycles. The second-order valence-corrected chi connectivity index (χ2v) is 4.80. The monoisotopic (exact) mass is 258 g/mol. The minimum Gasteiger partial charge on any atom is -0.326 e. The number of benzene rings is 1. The molecule has 100 valence electrons. The number of carbonyl (C=O) groups is 1. The van der Waals surface area contributed by atoms with Crippen molar-refractivity contribution < 1.29 is 4.79 Å². The molecular weight excluding hydrogens is 240 g/mol. The molecule has 2 aromatic rings. The summed E-state index contributed by atoms with van der Waals surface area (Å²) in [4.78, 5) is 15.9. The standard InChI is InChI=1S/C14H18N4O/c1-10-4-5-13(11(2)6-10)17-14(19)7-12(3)18-9-15-8-16-18/h4-6,8-9,12H,7H2,1-3H3,(H,17,19)/t12-/m1/s1. The maximum atomic E-state index is 12.0. The number of carbonyl (C=O) groups excluding carboxylic acids is 1. The molecule has 0 unspecified atom stereocenters. The SMILES string of the molecule is Cc1ccc(NC(=O)C[C@@H](C)n2cncn2)c(C)c1. The van der Waals surface area contributed by atoms with Gasteiger partial charge in [0.15, 0.2) is 0 Å². The Morgan fingerprint density at radius 1 is 1.42 bits per heavy atom. The Morgan fingerprint density at radius 3 is 2.84 bits per heavy atom. The van der Waals surface area contributed by atoms with Crippen molar-refractivity contribution in [1.29, 1.82) is 0 Å². The van der Waals surface area contributed by atoms with Crippen molar-refractivity contribution >= 4 is 11.6 Å². The van der Waals surface area contributed by atoms with Crippen molar-refractivity contribution in [2.45, 2.75) is 33.2 Å². The van der Waals surface area contributed by atoms with Crippen LogP contribution in [0.2, 0.25) is 0 Å². The van der Waals surface area contributed by atoms with E-state index in [2.05, 4.69) is 21.5 Å². The highest BCUT2D eigenvalue weighted by molar-refractivity contribution is 5.91. The predicted molar refractivity (Wildman–Crippen MR) is 73.9 cm³/mol. The molecule has 19 heavy (non-hydrogen) atoms. The van der Waals surface area contributed by atoms with Crippen LogP contribution in [0.4, 0.5) is 5.69 Å². The molecule has 5 heteroatoms. The number of nitrogens with one attached hydrogen (secondary N) is 1. The third-order valence-electron chi connectivity index (χ3n) is 3.03. The van der Waals surface area contributed by atoms with Gasteiger partial charge in [0.25, 0.3) is 0 Å². The third kappa shape index (κ3) is 3.40. The van der Waals surface area contributed by atoms with Crippen LogP contribution in [0.15, 0.2) is 30.9 Å². The zero-order chi connectivity index (χ0) is 13.8. The van der Waals surface area contributed by atoms with E-state index in [9.17, 15) is 4.79 Å². The van der Waals surface area contributed by atoms with Crippen LogP contribution < -0.4 is 5.32 Å². The normalized spacial score (nSPS) is 12.2. The average Bonchev–Trinajstić information content (AvgIpc) is 2.86. The molecule has 1 aromatic carbocycles. The first kappa shape index (κ1) is 13.3. The van der Waals surface area contributed by atoms with Gasteiger partial charge in [0.2, 0.25) is 5.91 Å². The van der Waals surface area contributed by atoms with Gasteiger partial charge in [0.05, 0.1) is 6.04 Å². The molecule has 0 aliphatic carbocycles. The number of amides is 1. The third-order valence-corrected chi connectivity index (χ3v) is 3.03. The van der Waals surface area contributed by atoms with Gasteiger partial charge in [0, 0.05) is 12.1 Å². The van der Waals surface area contributed by atoms with E-state index in [1.54, 1.807) is 11.0 Å². The summed E-state index contributed by atoms with van der Waals surface area (Å²) in [7, 11) is 0. The summed E-state index contributed by atoms with van der Waals surface area (Å²) in [5.41, 5.74) is 3.12. The molecule has 0 saturated heterocycles. The Balaban J connectivity index is 1.98. The molecule has 5 nitrogen and oxygen atoms in total. The minimum atomic E-state index is -0.0186. The lowest BCUT2D eigenvalue weighted by molar-refractivity contribution is -0.116. The first-order chi connectivity index (χ1) is 9.06. The lowest BCUT2D eigenvalue weighted by Gasteiger charge is -2.13. The summed E-state index contributed by atoms with van der Waals surface area (Å²) in [5, 5.41) is 6.96. The zero-order valence-electron chi connectivity index (χ0n) is 11.4. The van der Waals surface area contributed by atoms with Crippen LogP contribution in [-0.2, 0) is 4.79 Å². The molecule has 1 N–H and O–H groups in total. The van der Waals surface area contributed by atoms with Crippen molar-refractivity contribution in [2.24, 2.45) is 0 Å². The zero-order valence-corrected chi connectivity index (χ0v) is 11.4. The predicted octanol–water partition coefficient (Wildman–Crippen LogP) is 2.48. The van der Waals surface area contributed by atoms with Crippen molar-refractivity contribution in [3.63, 3.8) is 0 Å². The van der Waals surface area contributed by atoms with Crippen molar-refractivity contribution in [2.75, 3.05) is 5.32 Å². The maximum absolute atomic E-state index is 12.0. The van der Waals surface area contributed by atoms with Gasteiger partial charge in [-0.05, 0) is 32.4 Å². The topological polar surface area (TPSA) is 59.8 Å². The Labute approximate surface area is 112 Å². The van der Waals surface area contributed by atoms with Crippen molar-refractivity contribution in [3.05, 3.63) is 42.0 Å². The van der Waals surface area contributed by atoms with Gasteiger partial charge in [-0.25, -0.2) is 9.67 Å². The molecule has 0 aliphatic heterocycles. The first-order valence-electron chi connectivity index (χ1n) is 6.27. The van der Waals surface area contributed by atoms with Gasteiger partial charge in [-0.1, -0.05) is 17.7 Å². The van der Waals surface area contributed by atoms with E-state index in [4.69, 9.17) is 0 Å². The van der Waals surface area contributed by atoms with E-state index in [0.29, 0.717) is 6.42 Å². The molecule has 0 spiro atoms. The van der Waals surface area contributed by atoms with Crippen molar-refractivity contribution in [3.8, 4) is 0 Å². The number of aryl methyl sites for hydroxylation is 2. The van der Waals surface area contributed by atoms with Crippen LogP contribution in [0.5, 0.6) is 0 Å². The van der Waals surface area contributed by atoms with Gasteiger partial charge in [-0.3, -0.25) is 4.79 Å². The molecular formula is C14H18N4O. The minimum absolute atomic E-state index is 0.00625. The summed E-state index contributed by atoms with van der Waals surface area (Å²) in [6.07, 6.45) is 3.46. The quantitative estimate of drug-likeness (QED) is 0.916. The van der Waals surface area contributed by atoms with Crippen LogP contribution in [0.25, 0.3) is 0 Å². The van der Waals surface area contributed by atoms with E-state index in [-0.39, 0.29) is 11.9 Å². The number of aromatic nitrogens is 3.